The van der Waals surface area contributed by atoms with Gasteiger partial charge in [-0.05, 0) is 49.5 Å². The number of esters is 1. The van der Waals surface area contributed by atoms with Crippen molar-refractivity contribution in [2.45, 2.75) is 25.4 Å². The van der Waals surface area contributed by atoms with Crippen LogP contribution in [0.5, 0.6) is 0 Å². The van der Waals surface area contributed by atoms with Gasteiger partial charge in [-0.15, -0.1) is 0 Å². The van der Waals surface area contributed by atoms with E-state index in [4.69, 9.17) is 4.74 Å². The molecule has 2 aromatic rings. The van der Waals surface area contributed by atoms with Gasteiger partial charge in [0.05, 0.1) is 5.56 Å². The van der Waals surface area contributed by atoms with Gasteiger partial charge in [0.25, 0.3) is 0 Å². The van der Waals surface area contributed by atoms with Crippen LogP contribution in [0.15, 0.2) is 54.6 Å². The van der Waals surface area contributed by atoms with E-state index < -0.39 is 0 Å². The standard InChI is InChI=1S/C19H21NO2/c21-19(22-17-10-12-20-13-11-17)18-9-5-4-8-16(18)14-15-6-2-1-3-7-15/h1-9,17,20H,10-14H2. The van der Waals surface area contributed by atoms with Crippen LogP contribution in [0.3, 0.4) is 0 Å². The van der Waals surface area contributed by atoms with Crippen LogP contribution in [-0.4, -0.2) is 25.2 Å². The van der Waals surface area contributed by atoms with Gasteiger partial charge in [-0.3, -0.25) is 0 Å². The van der Waals surface area contributed by atoms with Crippen molar-refractivity contribution in [2.75, 3.05) is 13.1 Å². The molecule has 1 heterocycles. The molecule has 0 aliphatic carbocycles. The number of carbonyl (C=O) groups excluding carboxylic acids is 1. The van der Waals surface area contributed by atoms with E-state index >= 15 is 0 Å². The Hall–Kier alpha value is -2.13. The summed E-state index contributed by atoms with van der Waals surface area (Å²) < 4.78 is 5.68. The second-order valence-electron chi connectivity index (χ2n) is 5.67. The van der Waals surface area contributed by atoms with Gasteiger partial charge in [-0.25, -0.2) is 4.79 Å². The van der Waals surface area contributed by atoms with E-state index in [0.29, 0.717) is 5.56 Å². The van der Waals surface area contributed by atoms with Gasteiger partial charge in [-0.1, -0.05) is 48.5 Å². The number of hydrogen-bond donors (Lipinski definition) is 1. The predicted octanol–water partition coefficient (Wildman–Crippen LogP) is 3.19. The summed E-state index contributed by atoms with van der Waals surface area (Å²) >= 11 is 0. The molecule has 0 atom stereocenters. The van der Waals surface area contributed by atoms with Crippen molar-refractivity contribution in [1.29, 1.82) is 0 Å². The van der Waals surface area contributed by atoms with Crippen molar-refractivity contribution in [3.8, 4) is 0 Å². The molecule has 2 aromatic carbocycles. The molecule has 0 saturated carbocycles. The molecule has 0 amide bonds. The van der Waals surface area contributed by atoms with Crippen LogP contribution < -0.4 is 5.32 Å². The summed E-state index contributed by atoms with van der Waals surface area (Å²) in [4.78, 5) is 12.5. The second-order valence-corrected chi connectivity index (χ2v) is 5.67. The number of benzene rings is 2. The third-order valence-electron chi connectivity index (χ3n) is 4.03. The third-order valence-corrected chi connectivity index (χ3v) is 4.03. The molecule has 1 saturated heterocycles. The minimum atomic E-state index is -0.196. The minimum Gasteiger partial charge on any atom is -0.459 e. The summed E-state index contributed by atoms with van der Waals surface area (Å²) in [5, 5.41) is 3.28. The lowest BCUT2D eigenvalue weighted by molar-refractivity contribution is 0.0228. The SMILES string of the molecule is O=C(OC1CCNCC1)c1ccccc1Cc1ccccc1. The zero-order valence-electron chi connectivity index (χ0n) is 12.6. The lowest BCUT2D eigenvalue weighted by Gasteiger charge is -2.23. The molecule has 1 fully saturated rings. The topological polar surface area (TPSA) is 38.3 Å². The van der Waals surface area contributed by atoms with E-state index in [9.17, 15) is 4.79 Å². The predicted molar refractivity (Wildman–Crippen MR) is 87.0 cm³/mol. The van der Waals surface area contributed by atoms with Gasteiger partial charge in [0.2, 0.25) is 0 Å². The Morgan fingerprint density at radius 3 is 2.45 bits per heavy atom. The van der Waals surface area contributed by atoms with Crippen molar-refractivity contribution in [3.05, 3.63) is 71.3 Å². The fraction of sp³-hybridized carbons (Fsp3) is 0.316. The van der Waals surface area contributed by atoms with Crippen LogP contribution in [0.25, 0.3) is 0 Å². The molecule has 0 spiro atoms. The van der Waals surface area contributed by atoms with Crippen LogP contribution in [0.1, 0.15) is 34.3 Å². The van der Waals surface area contributed by atoms with Crippen molar-refractivity contribution < 1.29 is 9.53 Å². The van der Waals surface area contributed by atoms with Crippen LogP contribution in [-0.2, 0) is 11.2 Å². The fourth-order valence-electron chi connectivity index (χ4n) is 2.82. The molecule has 1 aliphatic rings. The fourth-order valence-corrected chi connectivity index (χ4v) is 2.82. The number of ether oxygens (including phenoxy) is 1. The van der Waals surface area contributed by atoms with Gasteiger partial charge in [0.1, 0.15) is 6.10 Å². The van der Waals surface area contributed by atoms with E-state index in [0.717, 1.165) is 37.9 Å². The lowest BCUT2D eigenvalue weighted by atomic mass is 10.00. The van der Waals surface area contributed by atoms with Crippen LogP contribution in [0.2, 0.25) is 0 Å². The lowest BCUT2D eigenvalue weighted by Crippen LogP contribution is -2.33. The smallest absolute Gasteiger partial charge is 0.338 e. The van der Waals surface area contributed by atoms with Crippen LogP contribution in [0, 0.1) is 0 Å². The monoisotopic (exact) mass is 295 g/mol. The molecule has 0 aromatic heterocycles. The molecular weight excluding hydrogens is 274 g/mol. The number of piperidine rings is 1. The highest BCUT2D eigenvalue weighted by atomic mass is 16.5. The molecular formula is C19H21NO2. The summed E-state index contributed by atoms with van der Waals surface area (Å²) in [7, 11) is 0. The largest absolute Gasteiger partial charge is 0.459 e. The average Bonchev–Trinajstić information content (AvgIpc) is 2.57. The maximum absolute atomic E-state index is 12.5. The summed E-state index contributed by atoms with van der Waals surface area (Å²) in [5.74, 6) is -0.196. The highest BCUT2D eigenvalue weighted by Gasteiger charge is 2.20. The van der Waals surface area contributed by atoms with Crippen molar-refractivity contribution in [2.24, 2.45) is 0 Å². The van der Waals surface area contributed by atoms with Gasteiger partial charge in [0, 0.05) is 0 Å². The Kier molecular flexibility index (Phi) is 4.86. The Morgan fingerprint density at radius 1 is 1.00 bits per heavy atom. The Balaban J connectivity index is 1.74. The zero-order chi connectivity index (χ0) is 15.2. The molecule has 0 radical (unpaired) electrons. The summed E-state index contributed by atoms with van der Waals surface area (Å²) in [5.41, 5.74) is 2.90. The van der Waals surface area contributed by atoms with Crippen molar-refractivity contribution >= 4 is 5.97 Å². The van der Waals surface area contributed by atoms with E-state index in [1.807, 2.05) is 42.5 Å². The molecule has 3 heteroatoms. The molecule has 1 aliphatic heterocycles. The molecule has 1 N–H and O–H groups in total. The molecule has 22 heavy (non-hydrogen) atoms. The van der Waals surface area contributed by atoms with E-state index in [2.05, 4.69) is 17.4 Å². The zero-order valence-corrected chi connectivity index (χ0v) is 12.6. The first-order valence-corrected chi connectivity index (χ1v) is 7.86. The third kappa shape index (κ3) is 3.74. The van der Waals surface area contributed by atoms with Crippen molar-refractivity contribution in [3.63, 3.8) is 0 Å². The summed E-state index contributed by atoms with van der Waals surface area (Å²) in [6.07, 6.45) is 2.58. The van der Waals surface area contributed by atoms with E-state index in [-0.39, 0.29) is 12.1 Å². The Labute approximate surface area is 131 Å². The van der Waals surface area contributed by atoms with Crippen molar-refractivity contribution in [1.82, 2.24) is 5.32 Å². The molecule has 0 unspecified atom stereocenters. The van der Waals surface area contributed by atoms with Crippen LogP contribution in [0.4, 0.5) is 0 Å². The van der Waals surface area contributed by atoms with Gasteiger partial charge < -0.3 is 10.1 Å². The second kappa shape index (κ2) is 7.23. The maximum Gasteiger partial charge on any atom is 0.338 e. The number of nitrogens with one attached hydrogen (secondary N) is 1. The minimum absolute atomic E-state index is 0.0403. The summed E-state index contributed by atoms with van der Waals surface area (Å²) in [6.45, 7) is 1.84. The Morgan fingerprint density at radius 2 is 1.68 bits per heavy atom. The van der Waals surface area contributed by atoms with E-state index in [1.54, 1.807) is 0 Å². The molecule has 114 valence electrons. The summed E-state index contributed by atoms with van der Waals surface area (Å²) in [6, 6.07) is 17.9. The maximum atomic E-state index is 12.5. The number of rotatable bonds is 4. The average molecular weight is 295 g/mol. The quantitative estimate of drug-likeness (QED) is 0.880. The van der Waals surface area contributed by atoms with Gasteiger partial charge >= 0.3 is 5.97 Å². The molecule has 3 nitrogen and oxygen atoms in total. The van der Waals surface area contributed by atoms with E-state index in [1.165, 1.54) is 5.56 Å². The molecule has 0 bridgehead atoms. The first-order chi connectivity index (χ1) is 10.8. The highest BCUT2D eigenvalue weighted by Crippen LogP contribution is 2.18. The number of carbonyl (C=O) groups is 1. The Bertz CT molecular complexity index is 618. The van der Waals surface area contributed by atoms with Crippen LogP contribution >= 0.6 is 0 Å². The number of hydrogen-bond acceptors (Lipinski definition) is 3. The molecule has 3 rings (SSSR count). The van der Waals surface area contributed by atoms with Gasteiger partial charge in [-0.2, -0.15) is 0 Å². The highest BCUT2D eigenvalue weighted by molar-refractivity contribution is 5.91. The van der Waals surface area contributed by atoms with Gasteiger partial charge in [0.15, 0.2) is 0 Å². The normalized spacial score (nSPS) is 15.5. The first kappa shape index (κ1) is 14.8. The first-order valence-electron chi connectivity index (χ1n) is 7.86.